The zero-order chi connectivity index (χ0) is 13.1. The number of benzene rings is 3. The number of rotatable bonds is 2. The molecule has 2 heteroatoms. The molecule has 0 aliphatic rings. The van der Waals surface area contributed by atoms with Crippen molar-refractivity contribution in [3.05, 3.63) is 78.1 Å². The first kappa shape index (κ1) is 11.3. The first-order valence-electron chi connectivity index (χ1n) is 5.99. The van der Waals surface area contributed by atoms with Gasteiger partial charge in [0.25, 0.3) is 0 Å². The maximum Gasteiger partial charge on any atom is 0.187 e. The molecule has 19 heavy (non-hydrogen) atoms. The molecule has 0 radical (unpaired) electrons. The summed E-state index contributed by atoms with van der Waals surface area (Å²) in [5.41, 5.74) is 0.617. The predicted molar refractivity (Wildman–Crippen MR) is 76.7 cm³/mol. The fraction of sp³-hybridized carbons (Fsp3) is 0. The Balaban J connectivity index is 1.90. The van der Waals surface area contributed by atoms with Gasteiger partial charge in [0.15, 0.2) is 5.69 Å². The van der Waals surface area contributed by atoms with Crippen LogP contribution in [0.25, 0.3) is 15.6 Å². The number of nitrogens with zero attached hydrogens (tertiary/aromatic N) is 1. The molecule has 90 valence electrons. The monoisotopic (exact) mass is 245 g/mol. The van der Waals surface area contributed by atoms with Gasteiger partial charge in [-0.2, -0.15) is 0 Å². The van der Waals surface area contributed by atoms with Gasteiger partial charge in [-0.15, -0.1) is 0 Å². The van der Waals surface area contributed by atoms with Crippen molar-refractivity contribution in [3.8, 4) is 11.5 Å². The van der Waals surface area contributed by atoms with Crippen molar-refractivity contribution in [2.75, 3.05) is 0 Å². The van der Waals surface area contributed by atoms with Gasteiger partial charge in [-0.1, -0.05) is 42.5 Å². The van der Waals surface area contributed by atoms with Crippen LogP contribution in [-0.4, -0.2) is 0 Å². The lowest BCUT2D eigenvalue weighted by Crippen LogP contribution is -1.83. The van der Waals surface area contributed by atoms with E-state index in [-0.39, 0.29) is 0 Å². The maximum absolute atomic E-state index is 6.91. The molecule has 0 N–H and O–H groups in total. The van der Waals surface area contributed by atoms with Gasteiger partial charge in [-0.3, -0.25) is 0 Å². The molecule has 0 saturated carbocycles. The van der Waals surface area contributed by atoms with Gasteiger partial charge >= 0.3 is 0 Å². The third-order valence-electron chi connectivity index (χ3n) is 2.92. The van der Waals surface area contributed by atoms with E-state index in [9.17, 15) is 0 Å². The smallest absolute Gasteiger partial charge is 0.187 e. The van der Waals surface area contributed by atoms with E-state index in [1.165, 1.54) is 5.39 Å². The quantitative estimate of drug-likeness (QED) is 0.567. The van der Waals surface area contributed by atoms with Crippen LogP contribution in [0.5, 0.6) is 11.5 Å². The average Bonchev–Trinajstić information content (AvgIpc) is 2.48. The lowest BCUT2D eigenvalue weighted by atomic mass is 10.1. The molecule has 0 heterocycles. The Morgan fingerprint density at radius 2 is 1.42 bits per heavy atom. The van der Waals surface area contributed by atoms with E-state index in [1.807, 2.05) is 42.5 Å². The van der Waals surface area contributed by atoms with Crippen LogP contribution in [0.4, 0.5) is 5.69 Å². The minimum Gasteiger partial charge on any atom is -0.457 e. The van der Waals surface area contributed by atoms with Crippen LogP contribution in [0.3, 0.4) is 0 Å². The minimum atomic E-state index is 0.617. The summed E-state index contributed by atoms with van der Waals surface area (Å²) in [6.45, 7) is 6.91. The van der Waals surface area contributed by atoms with Crippen molar-refractivity contribution in [2.45, 2.75) is 0 Å². The highest BCUT2D eigenvalue weighted by atomic mass is 16.5. The molecule has 0 aliphatic carbocycles. The third kappa shape index (κ3) is 2.41. The minimum absolute atomic E-state index is 0.617. The van der Waals surface area contributed by atoms with E-state index < -0.39 is 0 Å². The van der Waals surface area contributed by atoms with Crippen LogP contribution in [0.1, 0.15) is 0 Å². The molecule has 0 aromatic heterocycles. The van der Waals surface area contributed by atoms with Gasteiger partial charge in [-0.25, -0.2) is 4.85 Å². The van der Waals surface area contributed by atoms with Crippen LogP contribution >= 0.6 is 0 Å². The number of fused-ring (bicyclic) bond motifs is 1. The Kier molecular flexibility index (Phi) is 2.88. The molecule has 0 aliphatic heterocycles. The molecular weight excluding hydrogens is 234 g/mol. The van der Waals surface area contributed by atoms with E-state index in [4.69, 9.17) is 11.3 Å². The van der Waals surface area contributed by atoms with Crippen molar-refractivity contribution in [1.82, 2.24) is 0 Å². The van der Waals surface area contributed by atoms with Gasteiger partial charge in [0.05, 0.1) is 6.57 Å². The second-order valence-electron chi connectivity index (χ2n) is 4.22. The van der Waals surface area contributed by atoms with Crippen molar-refractivity contribution >= 4 is 16.5 Å². The number of ether oxygens (including phenoxy) is 1. The number of hydrogen-bond donors (Lipinski definition) is 0. The SMILES string of the molecule is [C-]#[N+]c1ccc(Oc2ccc3ccccc3c2)cc1. The first-order chi connectivity index (χ1) is 9.35. The molecule has 3 rings (SSSR count). The summed E-state index contributed by atoms with van der Waals surface area (Å²) in [5.74, 6) is 1.54. The predicted octanol–water partition coefficient (Wildman–Crippen LogP) is 5.18. The second-order valence-corrected chi connectivity index (χ2v) is 4.22. The zero-order valence-electron chi connectivity index (χ0n) is 10.2. The second kappa shape index (κ2) is 4.83. The van der Waals surface area contributed by atoms with Gasteiger partial charge in [0, 0.05) is 0 Å². The fourth-order valence-corrected chi connectivity index (χ4v) is 1.96. The molecule has 0 saturated heterocycles. The topological polar surface area (TPSA) is 13.6 Å². The van der Waals surface area contributed by atoms with Crippen LogP contribution in [0, 0.1) is 6.57 Å². The Hall–Kier alpha value is -2.79. The Bertz CT molecular complexity index is 754. The molecule has 0 spiro atoms. The van der Waals surface area contributed by atoms with E-state index in [0.717, 1.165) is 16.9 Å². The highest BCUT2D eigenvalue weighted by molar-refractivity contribution is 5.83. The zero-order valence-corrected chi connectivity index (χ0v) is 10.2. The highest BCUT2D eigenvalue weighted by Crippen LogP contribution is 2.26. The third-order valence-corrected chi connectivity index (χ3v) is 2.92. The van der Waals surface area contributed by atoms with E-state index >= 15 is 0 Å². The van der Waals surface area contributed by atoms with Gasteiger partial charge < -0.3 is 4.74 Å². The first-order valence-corrected chi connectivity index (χ1v) is 5.99. The summed E-state index contributed by atoms with van der Waals surface area (Å²) >= 11 is 0. The molecular formula is C17H11NO. The molecule has 0 unspecified atom stereocenters. The molecule has 0 fully saturated rings. The molecule has 0 amide bonds. The molecule has 3 aromatic carbocycles. The van der Waals surface area contributed by atoms with Crippen molar-refractivity contribution in [3.63, 3.8) is 0 Å². The Labute approximate surface area is 111 Å². The summed E-state index contributed by atoms with van der Waals surface area (Å²) < 4.78 is 5.78. The Morgan fingerprint density at radius 3 is 2.16 bits per heavy atom. The summed E-state index contributed by atoms with van der Waals surface area (Å²) in [6, 6.07) is 21.3. The van der Waals surface area contributed by atoms with Gasteiger partial charge in [-0.05, 0) is 35.0 Å². The van der Waals surface area contributed by atoms with Crippen molar-refractivity contribution in [2.24, 2.45) is 0 Å². The van der Waals surface area contributed by atoms with Crippen LogP contribution < -0.4 is 4.74 Å². The van der Waals surface area contributed by atoms with E-state index in [0.29, 0.717) is 5.69 Å². The summed E-state index contributed by atoms with van der Waals surface area (Å²) in [7, 11) is 0. The van der Waals surface area contributed by atoms with E-state index in [1.54, 1.807) is 12.1 Å². The summed E-state index contributed by atoms with van der Waals surface area (Å²) in [5, 5.41) is 2.34. The summed E-state index contributed by atoms with van der Waals surface area (Å²) in [4.78, 5) is 3.35. The van der Waals surface area contributed by atoms with Gasteiger partial charge in [0.1, 0.15) is 11.5 Å². The maximum atomic E-state index is 6.91. The standard InChI is InChI=1S/C17H11NO/c1-18-15-7-10-16(11-8-15)19-17-9-6-13-4-2-3-5-14(13)12-17/h2-12H. The van der Waals surface area contributed by atoms with Crippen molar-refractivity contribution in [1.29, 1.82) is 0 Å². The average molecular weight is 245 g/mol. The fourth-order valence-electron chi connectivity index (χ4n) is 1.96. The Morgan fingerprint density at radius 1 is 0.737 bits per heavy atom. The molecule has 0 bridgehead atoms. The van der Waals surface area contributed by atoms with Crippen LogP contribution in [-0.2, 0) is 0 Å². The van der Waals surface area contributed by atoms with E-state index in [2.05, 4.69) is 17.0 Å². The number of hydrogen-bond acceptors (Lipinski definition) is 1. The lowest BCUT2D eigenvalue weighted by Gasteiger charge is -2.06. The normalized spacial score (nSPS) is 10.1. The van der Waals surface area contributed by atoms with Gasteiger partial charge in [0.2, 0.25) is 0 Å². The largest absolute Gasteiger partial charge is 0.457 e. The van der Waals surface area contributed by atoms with Crippen LogP contribution in [0.2, 0.25) is 0 Å². The molecule has 0 atom stereocenters. The summed E-state index contributed by atoms with van der Waals surface area (Å²) in [6.07, 6.45) is 0. The highest BCUT2D eigenvalue weighted by Gasteiger charge is 1.99. The molecule has 3 aromatic rings. The molecule has 2 nitrogen and oxygen atoms in total. The van der Waals surface area contributed by atoms with Crippen LogP contribution in [0.15, 0.2) is 66.7 Å². The van der Waals surface area contributed by atoms with Crippen molar-refractivity contribution < 1.29 is 4.74 Å². The lowest BCUT2D eigenvalue weighted by molar-refractivity contribution is 0.483.